The molecule has 0 spiro atoms. The van der Waals surface area contributed by atoms with Crippen LogP contribution in [0.25, 0.3) is 0 Å². The van der Waals surface area contributed by atoms with Gasteiger partial charge in [0.25, 0.3) is 0 Å². The number of nitrogens with zero attached hydrogens (tertiary/aromatic N) is 2. The van der Waals surface area contributed by atoms with Crippen molar-refractivity contribution in [3.05, 3.63) is 30.7 Å². The van der Waals surface area contributed by atoms with Crippen molar-refractivity contribution >= 4 is 41.6 Å². The van der Waals surface area contributed by atoms with E-state index in [1.165, 1.54) is 0 Å². The summed E-state index contributed by atoms with van der Waals surface area (Å²) in [4.78, 5) is 1.38. The van der Waals surface area contributed by atoms with Gasteiger partial charge in [-0.15, -0.1) is 0 Å². The molecule has 0 N–H and O–H groups in total. The maximum absolute atomic E-state index is 8.73. The van der Waals surface area contributed by atoms with Gasteiger partial charge in [0.1, 0.15) is 10.8 Å². The molecule has 0 aromatic heterocycles. The molecule has 0 fully saturated rings. The van der Waals surface area contributed by atoms with Gasteiger partial charge in [0.05, 0.1) is 0 Å². The summed E-state index contributed by atoms with van der Waals surface area (Å²) in [6.07, 6.45) is 0. The highest BCUT2D eigenvalue weighted by molar-refractivity contribution is 8.40. The molecule has 2 atom stereocenters. The van der Waals surface area contributed by atoms with Crippen LogP contribution in [-0.4, -0.2) is 0 Å². The Bertz CT molecular complexity index is 450. The normalized spacial score (nSPS) is 16.1. The Hall–Kier alpha value is -0.520. The Labute approximate surface area is 103 Å². The second-order valence-electron chi connectivity index (χ2n) is 2.57. The van der Waals surface area contributed by atoms with Gasteiger partial charge in [0.15, 0.2) is 0 Å². The molecule has 0 saturated carbocycles. The molecule has 79 valence electrons. The summed E-state index contributed by atoms with van der Waals surface area (Å²) in [6, 6.07) is 5.17. The van der Waals surface area contributed by atoms with Gasteiger partial charge in [-0.05, 0) is 24.6 Å². The topological polar surface area (TPSA) is 47.6 Å². The average Bonchev–Trinajstić information content (AvgIpc) is 2.27. The van der Waals surface area contributed by atoms with E-state index in [9.17, 15) is 0 Å². The van der Waals surface area contributed by atoms with Gasteiger partial charge in [-0.1, -0.05) is 47.6 Å². The Balaban J connectivity index is 3.19. The number of halogens is 2. The molecule has 1 radical (unpaired) electrons. The van der Waals surface area contributed by atoms with Crippen LogP contribution < -0.4 is 0 Å². The van der Waals surface area contributed by atoms with Crippen molar-refractivity contribution < 1.29 is 0 Å². The molecule has 0 aliphatic rings. The molecule has 0 aliphatic carbocycles. The number of hydrogen-bond acceptors (Lipinski definition) is 2. The lowest BCUT2D eigenvalue weighted by Gasteiger charge is -2.12. The van der Waals surface area contributed by atoms with E-state index in [1.807, 2.05) is 10.8 Å². The Morgan fingerprint density at radius 1 is 1.13 bits per heavy atom. The third-order valence-corrected chi connectivity index (χ3v) is 5.19. The Morgan fingerprint density at radius 3 is 2.27 bits per heavy atom. The van der Waals surface area contributed by atoms with E-state index in [2.05, 4.69) is 6.92 Å². The summed E-state index contributed by atoms with van der Waals surface area (Å²) in [7, 11) is 8.97. The third-order valence-electron chi connectivity index (χ3n) is 1.68. The highest BCUT2D eigenvalue weighted by Crippen LogP contribution is 2.46. The van der Waals surface area contributed by atoms with Crippen LogP contribution in [0.15, 0.2) is 28.0 Å². The van der Waals surface area contributed by atoms with Crippen LogP contribution in [-0.2, 0) is 0 Å². The van der Waals surface area contributed by atoms with E-state index in [-0.39, 0.29) is 0 Å². The molecule has 0 aliphatic heterocycles. The first-order valence-corrected chi connectivity index (χ1v) is 8.26. The van der Waals surface area contributed by atoms with Gasteiger partial charge < -0.3 is 0 Å². The first-order chi connectivity index (χ1) is 7.10. The summed E-state index contributed by atoms with van der Waals surface area (Å²) >= 11 is 0. The Morgan fingerprint density at radius 2 is 1.73 bits per heavy atom. The van der Waals surface area contributed by atoms with Gasteiger partial charge in [-0.25, -0.2) is 0 Å². The third kappa shape index (κ3) is 2.96. The fraction of sp³-hybridized carbons (Fsp3) is 0. The lowest BCUT2D eigenvalue weighted by molar-refractivity contribution is 1.29. The smallest absolute Gasteiger partial charge is 0.129 e. The second-order valence-corrected chi connectivity index (χ2v) is 7.12. The molecule has 0 amide bonds. The average molecular weight is 278 g/mol. The van der Waals surface area contributed by atoms with E-state index in [1.54, 1.807) is 18.2 Å². The van der Waals surface area contributed by atoms with E-state index in [0.717, 1.165) is 0 Å². The lowest BCUT2D eigenvalue weighted by Crippen LogP contribution is -1.83. The van der Waals surface area contributed by atoms with Crippen LogP contribution in [0.2, 0.25) is 0 Å². The van der Waals surface area contributed by atoms with Gasteiger partial charge >= 0.3 is 0 Å². The minimum atomic E-state index is -1.38. The molecule has 2 nitrogen and oxygen atoms in total. The molecule has 1 aromatic carbocycles. The highest BCUT2D eigenvalue weighted by atomic mass is 35.7. The minimum Gasteiger partial charge on any atom is -0.186 e. The zero-order valence-electron chi connectivity index (χ0n) is 7.48. The molecular formula is C9H7Cl2N2S2. The summed E-state index contributed by atoms with van der Waals surface area (Å²) < 4.78 is 0. The lowest BCUT2D eigenvalue weighted by atomic mass is 10.2. The zero-order chi connectivity index (χ0) is 11.4. The second kappa shape index (κ2) is 5.53. The first-order valence-electron chi connectivity index (χ1n) is 3.77. The largest absolute Gasteiger partial charge is 0.186 e. The van der Waals surface area contributed by atoms with Crippen molar-refractivity contribution in [2.24, 2.45) is 0 Å². The molecule has 1 rings (SSSR count). The summed E-state index contributed by atoms with van der Waals surface area (Å²) in [5.41, 5.74) is 0.708. The Kier molecular flexibility index (Phi) is 4.63. The summed E-state index contributed by atoms with van der Waals surface area (Å²) in [5.74, 6) is 0. The van der Waals surface area contributed by atoms with Gasteiger partial charge in [-0.2, -0.15) is 10.5 Å². The molecule has 0 bridgehead atoms. The van der Waals surface area contributed by atoms with Crippen molar-refractivity contribution in [2.45, 2.75) is 9.79 Å². The molecule has 2 unspecified atom stereocenters. The van der Waals surface area contributed by atoms with Crippen LogP contribution in [0.5, 0.6) is 0 Å². The van der Waals surface area contributed by atoms with E-state index in [4.69, 9.17) is 31.9 Å². The van der Waals surface area contributed by atoms with E-state index < -0.39 is 20.2 Å². The molecule has 6 heteroatoms. The van der Waals surface area contributed by atoms with E-state index in [0.29, 0.717) is 15.4 Å². The fourth-order valence-corrected chi connectivity index (χ4v) is 3.11. The van der Waals surface area contributed by atoms with Crippen molar-refractivity contribution in [1.29, 1.82) is 10.5 Å². The SMILES string of the molecule is [CH2]c1ccc([SH](Cl)C#N)cc1[SH](Cl)C#N. The fourth-order valence-electron chi connectivity index (χ4n) is 0.969. The van der Waals surface area contributed by atoms with Gasteiger partial charge in [0, 0.05) is 9.79 Å². The molecule has 1 aromatic rings. The van der Waals surface area contributed by atoms with Crippen LogP contribution in [0, 0.1) is 28.3 Å². The number of thiol groups is 2. The molecule has 15 heavy (non-hydrogen) atoms. The molecule has 0 heterocycles. The van der Waals surface area contributed by atoms with Crippen LogP contribution in [0.1, 0.15) is 5.56 Å². The van der Waals surface area contributed by atoms with Crippen LogP contribution in [0.3, 0.4) is 0 Å². The minimum absolute atomic E-state index is 0.676. The van der Waals surface area contributed by atoms with Crippen molar-refractivity contribution in [3.8, 4) is 10.8 Å². The summed E-state index contributed by atoms with van der Waals surface area (Å²) in [6.45, 7) is 3.78. The monoisotopic (exact) mass is 277 g/mol. The number of thiocyanates is 2. The van der Waals surface area contributed by atoms with Gasteiger partial charge in [-0.3, -0.25) is 0 Å². The number of hydrogen-bond donors (Lipinski definition) is 2. The van der Waals surface area contributed by atoms with Crippen molar-refractivity contribution in [1.82, 2.24) is 0 Å². The van der Waals surface area contributed by atoms with Crippen LogP contribution >= 0.6 is 41.6 Å². The first kappa shape index (κ1) is 12.5. The number of benzene rings is 1. The molecule has 0 saturated heterocycles. The zero-order valence-corrected chi connectivity index (χ0v) is 10.8. The quantitative estimate of drug-likeness (QED) is 0.637. The highest BCUT2D eigenvalue weighted by Gasteiger charge is 2.09. The predicted octanol–water partition coefficient (Wildman–Crippen LogP) is 3.86. The maximum Gasteiger partial charge on any atom is 0.129 e. The van der Waals surface area contributed by atoms with Crippen molar-refractivity contribution in [2.75, 3.05) is 0 Å². The van der Waals surface area contributed by atoms with Gasteiger partial charge in [0.2, 0.25) is 0 Å². The maximum atomic E-state index is 8.73. The van der Waals surface area contributed by atoms with Crippen LogP contribution in [0.4, 0.5) is 0 Å². The van der Waals surface area contributed by atoms with E-state index >= 15 is 0 Å². The predicted molar refractivity (Wildman–Crippen MR) is 68.3 cm³/mol. The summed E-state index contributed by atoms with van der Waals surface area (Å²) in [5, 5.41) is 21.4. The molecular weight excluding hydrogens is 271 g/mol. The van der Waals surface area contributed by atoms with Crippen molar-refractivity contribution in [3.63, 3.8) is 0 Å². The number of rotatable bonds is 2. The standard InChI is InChI=1S/C9H7Cl2N2S2/c1-7-2-3-8(14(10)5-12)4-9(7)15(11)6-13/h2-4,14-15H,1H2. The number of nitriles is 2.